The molecule has 2 aromatic carbocycles. The van der Waals surface area contributed by atoms with Crippen LogP contribution in [0.15, 0.2) is 42.7 Å². The maximum absolute atomic E-state index is 15.9. The molecule has 4 heterocycles. The van der Waals surface area contributed by atoms with Gasteiger partial charge in [0.05, 0.1) is 18.7 Å². The average molecular weight is 601 g/mol. The van der Waals surface area contributed by atoms with Crippen LogP contribution in [0.5, 0.6) is 0 Å². The molecule has 43 heavy (non-hydrogen) atoms. The van der Waals surface area contributed by atoms with Crippen molar-refractivity contribution in [1.82, 2.24) is 24.6 Å². The van der Waals surface area contributed by atoms with Gasteiger partial charge in [0.2, 0.25) is 0 Å². The van der Waals surface area contributed by atoms with Crippen molar-refractivity contribution in [3.63, 3.8) is 0 Å². The Morgan fingerprint density at radius 1 is 1.14 bits per heavy atom. The standard InChI is InChI=1S/C31H36F4N6O2/c1-19(2)26-17-38(3)9-10-40(26)15-20-12-23-24(25(13-20)31(33,34)35)16-41(29(23)42)22-7-5-6-21(14-22)30(8-11-43-30)27(32)28-37-36-18-39(28)4/h5-7,12-14,18-19,26-27H,8-11,15-17H2,1-4H3/t26-,27+,30-/m1/s1. The van der Waals surface area contributed by atoms with Gasteiger partial charge in [0.25, 0.3) is 5.91 Å². The number of likely N-dealkylation sites (N-methyl/N-ethyl adjacent to an activating group) is 1. The van der Waals surface area contributed by atoms with Crippen molar-refractivity contribution >= 4 is 11.6 Å². The smallest absolute Gasteiger partial charge is 0.367 e. The molecule has 3 atom stereocenters. The number of rotatable bonds is 7. The summed E-state index contributed by atoms with van der Waals surface area (Å²) in [7, 11) is 3.69. The molecule has 2 saturated heterocycles. The first-order valence-corrected chi connectivity index (χ1v) is 14.6. The van der Waals surface area contributed by atoms with Crippen molar-refractivity contribution in [2.45, 2.75) is 57.3 Å². The third-order valence-corrected chi connectivity index (χ3v) is 9.16. The molecular weight excluding hydrogens is 564 g/mol. The Morgan fingerprint density at radius 3 is 2.53 bits per heavy atom. The second-order valence-corrected chi connectivity index (χ2v) is 12.3. The Bertz CT molecular complexity index is 1520. The zero-order valence-electron chi connectivity index (χ0n) is 24.7. The topological polar surface area (TPSA) is 66.7 Å². The highest BCUT2D eigenvalue weighted by molar-refractivity contribution is 6.10. The molecular formula is C31H36F4N6O2. The number of piperazine rings is 1. The Morgan fingerprint density at radius 2 is 1.91 bits per heavy atom. The summed E-state index contributed by atoms with van der Waals surface area (Å²) in [5.74, 6) is -0.0756. The summed E-state index contributed by atoms with van der Waals surface area (Å²) in [6, 6.07) is 9.68. The van der Waals surface area contributed by atoms with Gasteiger partial charge in [0.15, 0.2) is 12.0 Å². The molecule has 3 aliphatic rings. The number of carbonyl (C=O) groups excluding carboxylic acids is 1. The van der Waals surface area contributed by atoms with Gasteiger partial charge in [-0.15, -0.1) is 10.2 Å². The summed E-state index contributed by atoms with van der Waals surface area (Å²) in [5, 5.41) is 7.69. The first-order chi connectivity index (χ1) is 20.4. The van der Waals surface area contributed by atoms with E-state index in [1.54, 1.807) is 37.4 Å². The number of benzene rings is 2. The average Bonchev–Trinajstić information content (AvgIpc) is 3.51. The van der Waals surface area contributed by atoms with Crippen LogP contribution in [0.25, 0.3) is 0 Å². The molecule has 0 N–H and O–H groups in total. The number of carbonyl (C=O) groups is 1. The minimum absolute atomic E-state index is 0.0394. The van der Waals surface area contributed by atoms with Crippen LogP contribution in [0.2, 0.25) is 0 Å². The zero-order chi connectivity index (χ0) is 30.7. The molecule has 0 unspecified atom stereocenters. The van der Waals surface area contributed by atoms with Crippen molar-refractivity contribution in [3.8, 4) is 0 Å². The van der Waals surface area contributed by atoms with Crippen LogP contribution >= 0.6 is 0 Å². The molecule has 0 bridgehead atoms. The van der Waals surface area contributed by atoms with E-state index >= 15 is 4.39 Å². The lowest BCUT2D eigenvalue weighted by molar-refractivity contribution is -0.198. The molecule has 0 spiro atoms. The monoisotopic (exact) mass is 600 g/mol. The summed E-state index contributed by atoms with van der Waals surface area (Å²) >= 11 is 0. The van der Waals surface area contributed by atoms with Crippen molar-refractivity contribution in [2.24, 2.45) is 13.0 Å². The predicted molar refractivity (Wildman–Crippen MR) is 152 cm³/mol. The molecule has 230 valence electrons. The Balaban J connectivity index is 1.32. The number of amides is 1. The van der Waals surface area contributed by atoms with Gasteiger partial charge in [-0.1, -0.05) is 26.0 Å². The highest BCUT2D eigenvalue weighted by Crippen LogP contribution is 2.50. The van der Waals surface area contributed by atoms with Gasteiger partial charge in [-0.2, -0.15) is 13.2 Å². The highest BCUT2D eigenvalue weighted by Gasteiger charge is 2.51. The largest absolute Gasteiger partial charge is 0.416 e. The van der Waals surface area contributed by atoms with Crippen LogP contribution in [0.3, 0.4) is 0 Å². The quantitative estimate of drug-likeness (QED) is 0.352. The van der Waals surface area contributed by atoms with Gasteiger partial charge in [-0.3, -0.25) is 9.69 Å². The summed E-state index contributed by atoms with van der Waals surface area (Å²) < 4.78 is 66.4. The van der Waals surface area contributed by atoms with E-state index < -0.39 is 29.4 Å². The number of halogens is 4. The minimum atomic E-state index is -4.63. The zero-order valence-corrected chi connectivity index (χ0v) is 24.7. The third-order valence-electron chi connectivity index (χ3n) is 9.16. The molecule has 12 heteroatoms. The number of aryl methyl sites for hydroxylation is 1. The molecule has 0 aliphatic carbocycles. The fourth-order valence-electron chi connectivity index (χ4n) is 6.64. The van der Waals surface area contributed by atoms with Crippen molar-refractivity contribution in [1.29, 1.82) is 0 Å². The molecule has 1 amide bonds. The second kappa shape index (κ2) is 11.0. The summed E-state index contributed by atoms with van der Waals surface area (Å²) in [4.78, 5) is 19.5. The highest BCUT2D eigenvalue weighted by atomic mass is 19.4. The lowest BCUT2D eigenvalue weighted by Gasteiger charge is -2.44. The number of hydrogen-bond donors (Lipinski definition) is 0. The Kier molecular flexibility index (Phi) is 7.58. The van der Waals surface area contributed by atoms with Gasteiger partial charge in [0, 0.05) is 56.9 Å². The van der Waals surface area contributed by atoms with Crippen LogP contribution < -0.4 is 4.90 Å². The molecule has 6 rings (SSSR count). The van der Waals surface area contributed by atoms with E-state index in [9.17, 15) is 18.0 Å². The van der Waals surface area contributed by atoms with E-state index in [1.807, 2.05) is 0 Å². The summed E-state index contributed by atoms with van der Waals surface area (Å²) in [6.45, 7) is 7.07. The SMILES string of the molecule is CC(C)[C@H]1CN(C)CCN1Cc1cc2c(c(C(F)(F)F)c1)CN(c1cccc([C@@]3([C@@H](F)c4nncn4C)CCO3)c1)C2=O. The predicted octanol–water partition coefficient (Wildman–Crippen LogP) is 5.09. The number of anilines is 1. The first-order valence-electron chi connectivity index (χ1n) is 14.6. The third kappa shape index (κ3) is 5.23. The first kappa shape index (κ1) is 29.7. The maximum atomic E-state index is 15.9. The molecule has 3 aromatic rings. The fourth-order valence-corrected chi connectivity index (χ4v) is 6.64. The van der Waals surface area contributed by atoms with Crippen LogP contribution in [-0.4, -0.2) is 69.8 Å². The Hall–Kier alpha value is -3.35. The van der Waals surface area contributed by atoms with E-state index in [0.717, 1.165) is 19.6 Å². The number of nitrogens with zero attached hydrogens (tertiary/aromatic N) is 6. The number of alkyl halides is 4. The minimum Gasteiger partial charge on any atom is -0.367 e. The van der Waals surface area contributed by atoms with Gasteiger partial charge in [0.1, 0.15) is 11.9 Å². The van der Waals surface area contributed by atoms with Gasteiger partial charge in [-0.25, -0.2) is 4.39 Å². The molecule has 2 fully saturated rings. The van der Waals surface area contributed by atoms with E-state index in [0.29, 0.717) is 42.3 Å². The van der Waals surface area contributed by atoms with Gasteiger partial charge < -0.3 is 19.1 Å². The van der Waals surface area contributed by atoms with E-state index in [1.165, 1.54) is 21.9 Å². The number of fused-ring (bicyclic) bond motifs is 1. The van der Waals surface area contributed by atoms with Gasteiger partial charge in [-0.05, 0) is 53.9 Å². The molecule has 0 radical (unpaired) electrons. The lowest BCUT2D eigenvalue weighted by atomic mass is 9.81. The van der Waals surface area contributed by atoms with Crippen LogP contribution in [0, 0.1) is 5.92 Å². The fraction of sp³-hybridized carbons (Fsp3) is 0.516. The number of aromatic nitrogens is 3. The van der Waals surface area contributed by atoms with Crippen molar-refractivity contribution < 1.29 is 27.1 Å². The van der Waals surface area contributed by atoms with E-state index in [4.69, 9.17) is 4.74 Å². The van der Waals surface area contributed by atoms with E-state index in [-0.39, 0.29) is 29.5 Å². The second-order valence-electron chi connectivity index (χ2n) is 12.3. The van der Waals surface area contributed by atoms with Crippen molar-refractivity contribution in [2.75, 3.05) is 38.2 Å². The normalized spacial score (nSPS) is 24.0. The molecule has 1 aromatic heterocycles. The molecule has 8 nitrogen and oxygen atoms in total. The summed E-state index contributed by atoms with van der Waals surface area (Å²) in [6.07, 6.45) is -4.47. The van der Waals surface area contributed by atoms with Crippen molar-refractivity contribution in [3.05, 3.63) is 76.4 Å². The maximum Gasteiger partial charge on any atom is 0.416 e. The van der Waals surface area contributed by atoms with Crippen LogP contribution in [0.4, 0.5) is 23.2 Å². The number of ether oxygens (including phenoxy) is 1. The van der Waals surface area contributed by atoms with Crippen LogP contribution in [0.1, 0.15) is 64.9 Å². The Labute approximate surface area is 248 Å². The number of hydrogen-bond acceptors (Lipinski definition) is 6. The molecule has 3 aliphatic heterocycles. The van der Waals surface area contributed by atoms with Gasteiger partial charge >= 0.3 is 6.18 Å². The molecule has 0 saturated carbocycles. The lowest BCUT2D eigenvalue weighted by Crippen LogP contribution is -2.53. The van der Waals surface area contributed by atoms with Crippen LogP contribution in [-0.2, 0) is 36.7 Å². The van der Waals surface area contributed by atoms with E-state index in [2.05, 4.69) is 40.9 Å². The summed E-state index contributed by atoms with van der Waals surface area (Å²) in [5.41, 5.74) is -0.755.